The molecule has 1 aromatic rings. The minimum absolute atomic E-state index is 0.109. The maximum Gasteiger partial charge on any atom is 0.260 e. The Labute approximate surface area is 118 Å². The Bertz CT molecular complexity index is 509. The summed E-state index contributed by atoms with van der Waals surface area (Å²) in [4.78, 5) is 0. The molecule has 0 radical (unpaired) electrons. The summed E-state index contributed by atoms with van der Waals surface area (Å²) in [5.41, 5.74) is 0.508. The minimum atomic E-state index is -3.52. The first-order valence-corrected chi connectivity index (χ1v) is 8.27. The van der Waals surface area contributed by atoms with E-state index in [0.717, 1.165) is 12.8 Å². The average molecular weight is 308 g/mol. The number of aromatic nitrogens is 2. The summed E-state index contributed by atoms with van der Waals surface area (Å²) in [6.07, 6.45) is 3.05. The Morgan fingerprint density at radius 3 is 2.79 bits per heavy atom. The number of aromatic amines is 1. The maximum atomic E-state index is 12.4. The minimum Gasteiger partial charge on any atom is -0.378 e. The third-order valence-corrected chi connectivity index (χ3v) is 5.43. The van der Waals surface area contributed by atoms with Gasteiger partial charge in [0.05, 0.1) is 18.2 Å². The van der Waals surface area contributed by atoms with Crippen LogP contribution in [0.4, 0.5) is 0 Å². The molecule has 1 saturated heterocycles. The average Bonchev–Trinajstić information content (AvgIpc) is 2.89. The summed E-state index contributed by atoms with van der Waals surface area (Å²) in [7, 11) is -3.52. The standard InChI is InChI=1S/C11H18ClN3O3S/c1-2-18-10-3-5-15(6-4-10)19(16,17)11-9(7-12)8-13-14-11/h8,10H,2-7H2,1H3,(H,13,14). The van der Waals surface area contributed by atoms with E-state index in [0.29, 0.717) is 25.3 Å². The number of halogens is 1. The molecule has 0 bridgehead atoms. The number of sulfonamides is 1. The fourth-order valence-corrected chi connectivity index (χ4v) is 4.08. The van der Waals surface area contributed by atoms with Gasteiger partial charge in [0.1, 0.15) is 0 Å². The van der Waals surface area contributed by atoms with Crippen molar-refractivity contribution in [2.24, 2.45) is 0 Å². The van der Waals surface area contributed by atoms with Crippen LogP contribution in [0.3, 0.4) is 0 Å². The molecule has 19 heavy (non-hydrogen) atoms. The molecule has 2 rings (SSSR count). The van der Waals surface area contributed by atoms with Gasteiger partial charge in [0, 0.05) is 25.3 Å². The zero-order chi connectivity index (χ0) is 13.9. The number of H-pyrrole nitrogens is 1. The fourth-order valence-electron chi connectivity index (χ4n) is 2.22. The molecule has 0 atom stereocenters. The van der Waals surface area contributed by atoms with Crippen molar-refractivity contribution < 1.29 is 13.2 Å². The number of hydrogen-bond acceptors (Lipinski definition) is 4. The highest BCUT2D eigenvalue weighted by Gasteiger charge is 2.32. The van der Waals surface area contributed by atoms with Crippen molar-refractivity contribution in [1.82, 2.24) is 14.5 Å². The van der Waals surface area contributed by atoms with E-state index in [-0.39, 0.29) is 17.0 Å². The summed E-state index contributed by atoms with van der Waals surface area (Å²) in [6.45, 7) is 3.54. The normalized spacial score (nSPS) is 18.8. The first-order valence-electron chi connectivity index (χ1n) is 6.29. The lowest BCUT2D eigenvalue weighted by Gasteiger charge is -2.30. The number of nitrogens with one attached hydrogen (secondary N) is 1. The molecule has 0 saturated carbocycles. The van der Waals surface area contributed by atoms with Crippen LogP contribution in [-0.4, -0.2) is 48.7 Å². The maximum absolute atomic E-state index is 12.4. The number of nitrogens with zero attached hydrogens (tertiary/aromatic N) is 2. The van der Waals surface area contributed by atoms with Crippen LogP contribution in [0.1, 0.15) is 25.3 Å². The molecular weight excluding hydrogens is 290 g/mol. The molecule has 1 N–H and O–H groups in total. The number of rotatable bonds is 5. The van der Waals surface area contributed by atoms with Gasteiger partial charge in [-0.15, -0.1) is 11.6 Å². The van der Waals surface area contributed by atoms with E-state index >= 15 is 0 Å². The molecule has 0 aliphatic carbocycles. The number of ether oxygens (including phenoxy) is 1. The lowest BCUT2D eigenvalue weighted by Crippen LogP contribution is -2.41. The molecule has 6 nitrogen and oxygen atoms in total. The summed E-state index contributed by atoms with van der Waals surface area (Å²) >= 11 is 5.72. The molecule has 0 spiro atoms. The van der Waals surface area contributed by atoms with Crippen LogP contribution in [-0.2, 0) is 20.6 Å². The first-order chi connectivity index (χ1) is 9.09. The topological polar surface area (TPSA) is 75.3 Å². The van der Waals surface area contributed by atoms with E-state index in [2.05, 4.69) is 10.2 Å². The van der Waals surface area contributed by atoms with E-state index in [9.17, 15) is 8.42 Å². The summed E-state index contributed by atoms with van der Waals surface area (Å²) in [6, 6.07) is 0. The van der Waals surface area contributed by atoms with Crippen molar-refractivity contribution in [1.29, 1.82) is 0 Å². The molecule has 2 heterocycles. The molecule has 1 fully saturated rings. The fraction of sp³-hybridized carbons (Fsp3) is 0.727. The van der Waals surface area contributed by atoms with E-state index in [1.807, 2.05) is 6.92 Å². The Morgan fingerprint density at radius 2 is 2.21 bits per heavy atom. The third-order valence-electron chi connectivity index (χ3n) is 3.22. The van der Waals surface area contributed by atoms with Gasteiger partial charge in [-0.1, -0.05) is 0 Å². The zero-order valence-corrected chi connectivity index (χ0v) is 12.4. The van der Waals surface area contributed by atoms with Gasteiger partial charge < -0.3 is 4.74 Å². The lowest BCUT2D eigenvalue weighted by atomic mass is 10.1. The Balaban J connectivity index is 2.10. The van der Waals surface area contributed by atoms with Crippen molar-refractivity contribution in [3.63, 3.8) is 0 Å². The second kappa shape index (κ2) is 6.21. The highest BCUT2D eigenvalue weighted by Crippen LogP contribution is 2.23. The SMILES string of the molecule is CCOC1CCN(S(=O)(=O)c2[nH]ncc2CCl)CC1. The van der Waals surface area contributed by atoms with Crippen LogP contribution in [0, 0.1) is 0 Å². The molecule has 0 aromatic carbocycles. The van der Waals surface area contributed by atoms with Gasteiger partial charge in [0.2, 0.25) is 0 Å². The smallest absolute Gasteiger partial charge is 0.260 e. The lowest BCUT2D eigenvalue weighted by molar-refractivity contribution is 0.0289. The predicted molar refractivity (Wildman–Crippen MR) is 71.6 cm³/mol. The summed E-state index contributed by atoms with van der Waals surface area (Å²) < 4.78 is 31.9. The van der Waals surface area contributed by atoms with E-state index < -0.39 is 10.0 Å². The van der Waals surface area contributed by atoms with Gasteiger partial charge in [-0.25, -0.2) is 8.42 Å². The molecule has 1 aliphatic rings. The molecule has 1 aromatic heterocycles. The Kier molecular flexibility index (Phi) is 4.83. The second-order valence-electron chi connectivity index (χ2n) is 4.42. The number of alkyl halides is 1. The van der Waals surface area contributed by atoms with Gasteiger partial charge in [-0.3, -0.25) is 5.10 Å². The van der Waals surface area contributed by atoms with Crippen LogP contribution in [0.25, 0.3) is 0 Å². The van der Waals surface area contributed by atoms with Gasteiger partial charge in [0.25, 0.3) is 10.0 Å². The van der Waals surface area contributed by atoms with Crippen LogP contribution in [0.15, 0.2) is 11.2 Å². The highest BCUT2D eigenvalue weighted by molar-refractivity contribution is 7.89. The largest absolute Gasteiger partial charge is 0.378 e. The molecule has 0 amide bonds. The molecule has 1 aliphatic heterocycles. The molecule has 108 valence electrons. The van der Waals surface area contributed by atoms with Gasteiger partial charge in [-0.05, 0) is 19.8 Å². The second-order valence-corrected chi connectivity index (χ2v) is 6.56. The van der Waals surface area contributed by atoms with Gasteiger partial charge >= 0.3 is 0 Å². The van der Waals surface area contributed by atoms with E-state index in [4.69, 9.17) is 16.3 Å². The summed E-state index contributed by atoms with van der Waals surface area (Å²) in [5.74, 6) is 0.125. The first kappa shape index (κ1) is 14.8. The van der Waals surface area contributed by atoms with Crippen molar-refractivity contribution in [3.8, 4) is 0 Å². The number of piperidine rings is 1. The third kappa shape index (κ3) is 3.10. The van der Waals surface area contributed by atoms with Crippen LogP contribution in [0.5, 0.6) is 0 Å². The van der Waals surface area contributed by atoms with Crippen LogP contribution in [0.2, 0.25) is 0 Å². The van der Waals surface area contributed by atoms with Crippen molar-refractivity contribution >= 4 is 21.6 Å². The van der Waals surface area contributed by atoms with E-state index in [1.165, 1.54) is 10.5 Å². The monoisotopic (exact) mass is 307 g/mol. The van der Waals surface area contributed by atoms with Gasteiger partial charge in [0.15, 0.2) is 5.03 Å². The van der Waals surface area contributed by atoms with Crippen LogP contribution >= 0.6 is 11.6 Å². The quantitative estimate of drug-likeness (QED) is 0.833. The Morgan fingerprint density at radius 1 is 1.53 bits per heavy atom. The van der Waals surface area contributed by atoms with Crippen molar-refractivity contribution in [2.45, 2.75) is 36.8 Å². The molecule has 8 heteroatoms. The number of hydrogen-bond donors (Lipinski definition) is 1. The highest BCUT2D eigenvalue weighted by atomic mass is 35.5. The van der Waals surface area contributed by atoms with Crippen molar-refractivity contribution in [2.75, 3.05) is 19.7 Å². The molecular formula is C11H18ClN3O3S. The predicted octanol–water partition coefficient (Wildman–Crippen LogP) is 1.34. The summed E-state index contributed by atoms with van der Waals surface area (Å²) in [5, 5.41) is 6.40. The van der Waals surface area contributed by atoms with Crippen molar-refractivity contribution in [3.05, 3.63) is 11.8 Å². The van der Waals surface area contributed by atoms with Gasteiger partial charge in [-0.2, -0.15) is 9.40 Å². The Hall–Kier alpha value is -0.630. The van der Waals surface area contributed by atoms with Crippen LogP contribution < -0.4 is 0 Å². The molecule has 0 unspecified atom stereocenters. The zero-order valence-electron chi connectivity index (χ0n) is 10.8. The van der Waals surface area contributed by atoms with E-state index in [1.54, 1.807) is 0 Å².